The minimum absolute atomic E-state index is 0.0215. The van der Waals surface area contributed by atoms with Gasteiger partial charge in [-0.2, -0.15) is 0 Å². The predicted molar refractivity (Wildman–Crippen MR) is 151 cm³/mol. The van der Waals surface area contributed by atoms with Gasteiger partial charge in [-0.1, -0.05) is 49.6 Å². The van der Waals surface area contributed by atoms with Crippen LogP contribution in [0.4, 0.5) is 0 Å². The van der Waals surface area contributed by atoms with Crippen molar-refractivity contribution in [1.29, 1.82) is 0 Å². The molecule has 1 aliphatic carbocycles. The molecule has 4 aromatic heterocycles. The van der Waals surface area contributed by atoms with Crippen molar-refractivity contribution >= 4 is 22.8 Å². The summed E-state index contributed by atoms with van der Waals surface area (Å²) in [5, 5.41) is 6.82. The van der Waals surface area contributed by atoms with Crippen LogP contribution in [0.3, 0.4) is 0 Å². The molecule has 10 nitrogen and oxygen atoms in total. The highest BCUT2D eigenvalue weighted by molar-refractivity contribution is 6.30. The molecule has 0 radical (unpaired) electrons. The number of methoxy groups -OCH3 is 1. The number of aromatic nitrogens is 7. The Morgan fingerprint density at radius 3 is 2.62 bits per heavy atom. The molecule has 0 bridgehead atoms. The van der Waals surface area contributed by atoms with E-state index in [-0.39, 0.29) is 11.7 Å². The Balaban J connectivity index is 1.64. The van der Waals surface area contributed by atoms with Crippen LogP contribution >= 0.6 is 11.6 Å². The summed E-state index contributed by atoms with van der Waals surface area (Å²) < 4.78 is 13.6. The molecule has 6 rings (SSSR count). The first-order chi connectivity index (χ1) is 19.4. The number of aromatic amines is 1. The first-order valence-corrected chi connectivity index (χ1v) is 13.8. The fraction of sp³-hybridized carbons (Fsp3) is 0.379. The van der Waals surface area contributed by atoms with Gasteiger partial charge in [-0.25, -0.2) is 24.8 Å². The van der Waals surface area contributed by atoms with Gasteiger partial charge >= 0.3 is 5.76 Å². The van der Waals surface area contributed by atoms with Crippen molar-refractivity contribution < 1.29 is 9.15 Å². The second-order valence-electron chi connectivity index (χ2n) is 10.6. The van der Waals surface area contributed by atoms with Crippen molar-refractivity contribution in [2.24, 2.45) is 11.8 Å². The zero-order valence-electron chi connectivity index (χ0n) is 22.6. The molecule has 0 aliphatic heterocycles. The number of nitrogens with zero attached hydrogens (tertiary/aromatic N) is 6. The van der Waals surface area contributed by atoms with Gasteiger partial charge in [-0.3, -0.25) is 4.98 Å². The number of hydrogen-bond acceptors (Lipinski definition) is 8. The molecule has 0 saturated heterocycles. The number of ether oxygens (including phenoxy) is 1. The van der Waals surface area contributed by atoms with E-state index in [0.29, 0.717) is 28.1 Å². The molecule has 1 unspecified atom stereocenters. The standard InChI is InChI=1S/C29H30ClN7O3/c1-17-10-12-18(13-11-17)16-37-23-22(19-7-6-8-20(30)15-19)32-25(26-35-36-28(38)40-26)33-24(23)34-27(37)29(2,39-3)21-9-4-5-14-31-21/h4-9,14-15,17-18H,10-13,16H2,1-3H3,(H,36,38)/t17-,18-,29?. The van der Waals surface area contributed by atoms with Crippen molar-refractivity contribution in [3.05, 3.63) is 75.8 Å². The third-order valence-corrected chi connectivity index (χ3v) is 8.13. The summed E-state index contributed by atoms with van der Waals surface area (Å²) >= 11 is 6.42. The molecule has 4 heterocycles. The van der Waals surface area contributed by atoms with Crippen molar-refractivity contribution in [3.8, 4) is 23.0 Å². The summed E-state index contributed by atoms with van der Waals surface area (Å²) in [5.74, 6) is 1.27. The van der Waals surface area contributed by atoms with E-state index in [1.807, 2.05) is 49.4 Å². The maximum Gasteiger partial charge on any atom is 0.434 e. The molecule has 11 heteroatoms. The summed E-state index contributed by atoms with van der Waals surface area (Å²) in [7, 11) is 1.66. The smallest absolute Gasteiger partial charge is 0.384 e. The molecule has 5 aromatic rings. The molecule has 0 amide bonds. The minimum atomic E-state index is -0.978. The first-order valence-electron chi connectivity index (χ1n) is 13.4. The second-order valence-corrected chi connectivity index (χ2v) is 11.1. The van der Waals surface area contributed by atoms with E-state index in [2.05, 4.69) is 26.7 Å². The lowest BCUT2D eigenvalue weighted by Crippen LogP contribution is -2.32. The Hall–Kier alpha value is -3.89. The number of pyridine rings is 1. The van der Waals surface area contributed by atoms with Gasteiger partial charge in [0.05, 0.1) is 5.69 Å². The van der Waals surface area contributed by atoms with E-state index < -0.39 is 11.4 Å². The molecule has 1 atom stereocenters. The van der Waals surface area contributed by atoms with Crippen LogP contribution in [0.1, 0.15) is 51.0 Å². The summed E-state index contributed by atoms with van der Waals surface area (Å²) in [5.41, 5.74) is 2.31. The van der Waals surface area contributed by atoms with E-state index >= 15 is 0 Å². The highest BCUT2D eigenvalue weighted by atomic mass is 35.5. The van der Waals surface area contributed by atoms with Gasteiger partial charge in [0, 0.05) is 30.4 Å². The maximum atomic E-state index is 11.8. The zero-order chi connectivity index (χ0) is 27.9. The molecule has 1 aliphatic rings. The summed E-state index contributed by atoms with van der Waals surface area (Å²) in [6.07, 6.45) is 6.37. The van der Waals surface area contributed by atoms with Gasteiger partial charge in [-0.05, 0) is 55.9 Å². The molecule has 1 saturated carbocycles. The largest absolute Gasteiger partial charge is 0.434 e. The summed E-state index contributed by atoms with van der Waals surface area (Å²) in [6.45, 7) is 5.01. The van der Waals surface area contributed by atoms with Crippen LogP contribution < -0.4 is 5.76 Å². The Kier molecular flexibility index (Phi) is 6.97. The van der Waals surface area contributed by atoms with Crippen LogP contribution in [0.2, 0.25) is 5.02 Å². The van der Waals surface area contributed by atoms with Gasteiger partial charge in [0.15, 0.2) is 11.2 Å². The number of H-pyrrole nitrogens is 1. The lowest BCUT2D eigenvalue weighted by atomic mass is 9.83. The Labute approximate surface area is 235 Å². The number of hydrogen-bond donors (Lipinski definition) is 1. The Morgan fingerprint density at radius 1 is 1.12 bits per heavy atom. The van der Waals surface area contributed by atoms with Crippen LogP contribution in [0.5, 0.6) is 0 Å². The van der Waals surface area contributed by atoms with Crippen LogP contribution in [-0.2, 0) is 16.9 Å². The number of benzene rings is 1. The molecule has 206 valence electrons. The van der Waals surface area contributed by atoms with E-state index in [4.69, 9.17) is 35.7 Å². The number of halogens is 1. The van der Waals surface area contributed by atoms with Crippen molar-refractivity contribution in [2.45, 2.75) is 51.7 Å². The number of nitrogens with one attached hydrogen (secondary N) is 1. The topological polar surface area (TPSA) is 125 Å². The molecule has 40 heavy (non-hydrogen) atoms. The number of rotatable bonds is 7. The first kappa shape index (κ1) is 26.3. The molecule has 0 spiro atoms. The SMILES string of the molecule is COC(C)(c1ccccn1)c1nc2nc(-c3n[nH]c(=O)o3)nc(-c3cccc(Cl)c3)c2n1C[C@H]1CC[C@H](C)CC1. The Bertz CT molecular complexity index is 1710. The Morgan fingerprint density at radius 2 is 1.95 bits per heavy atom. The quantitative estimate of drug-likeness (QED) is 0.272. The van der Waals surface area contributed by atoms with E-state index in [1.54, 1.807) is 13.3 Å². The second kappa shape index (κ2) is 10.6. The summed E-state index contributed by atoms with van der Waals surface area (Å²) in [6, 6.07) is 13.2. The zero-order valence-corrected chi connectivity index (χ0v) is 23.4. The van der Waals surface area contributed by atoms with Crippen molar-refractivity contribution in [2.75, 3.05) is 7.11 Å². The molecule has 1 N–H and O–H groups in total. The predicted octanol–water partition coefficient (Wildman–Crippen LogP) is 5.62. The van der Waals surface area contributed by atoms with Crippen molar-refractivity contribution in [1.82, 2.24) is 34.7 Å². The lowest BCUT2D eigenvalue weighted by Gasteiger charge is -2.31. The van der Waals surface area contributed by atoms with Crippen LogP contribution in [0.15, 0.2) is 57.9 Å². The fourth-order valence-corrected chi connectivity index (χ4v) is 5.75. The lowest BCUT2D eigenvalue weighted by molar-refractivity contribution is 0.0241. The van der Waals surface area contributed by atoms with E-state index in [9.17, 15) is 4.79 Å². The molecular formula is C29H30ClN7O3. The summed E-state index contributed by atoms with van der Waals surface area (Å²) in [4.78, 5) is 31.0. The fourth-order valence-electron chi connectivity index (χ4n) is 5.56. The van der Waals surface area contributed by atoms with Crippen LogP contribution in [0, 0.1) is 11.8 Å². The van der Waals surface area contributed by atoms with Gasteiger partial charge in [0.1, 0.15) is 17.0 Å². The third kappa shape index (κ3) is 4.82. The van der Waals surface area contributed by atoms with E-state index in [0.717, 1.165) is 42.1 Å². The van der Waals surface area contributed by atoms with Gasteiger partial charge < -0.3 is 13.7 Å². The average Bonchev–Trinajstić information content (AvgIpc) is 3.57. The van der Waals surface area contributed by atoms with Crippen molar-refractivity contribution in [3.63, 3.8) is 0 Å². The molecule has 1 fully saturated rings. The monoisotopic (exact) mass is 559 g/mol. The van der Waals surface area contributed by atoms with Gasteiger partial charge in [0.25, 0.3) is 5.89 Å². The highest BCUT2D eigenvalue weighted by Crippen LogP contribution is 2.39. The average molecular weight is 560 g/mol. The minimum Gasteiger partial charge on any atom is -0.384 e. The third-order valence-electron chi connectivity index (χ3n) is 7.90. The maximum absolute atomic E-state index is 11.8. The molecular weight excluding hydrogens is 530 g/mol. The number of fused-ring (bicyclic) bond motifs is 1. The van der Waals surface area contributed by atoms with Gasteiger partial charge in [-0.15, -0.1) is 5.10 Å². The van der Waals surface area contributed by atoms with E-state index in [1.165, 1.54) is 12.8 Å². The molecule has 1 aromatic carbocycles. The van der Waals surface area contributed by atoms with Crippen LogP contribution in [0.25, 0.3) is 34.1 Å². The van der Waals surface area contributed by atoms with Crippen LogP contribution in [-0.4, -0.2) is 41.8 Å². The number of imidazole rings is 1. The van der Waals surface area contributed by atoms with Gasteiger partial charge in [0.2, 0.25) is 5.82 Å². The normalized spacial score (nSPS) is 19.1. The highest BCUT2D eigenvalue weighted by Gasteiger charge is 2.38.